The highest BCUT2D eigenvalue weighted by Crippen LogP contribution is 2.09. The molecule has 1 heterocycles. The Morgan fingerprint density at radius 1 is 1.47 bits per heavy atom. The number of nitrogens with two attached hydrogens (primary N) is 1. The summed E-state index contributed by atoms with van der Waals surface area (Å²) < 4.78 is 0. The molecule has 1 aliphatic heterocycles. The molecule has 0 aromatic carbocycles. The van der Waals surface area contributed by atoms with Crippen molar-refractivity contribution in [2.24, 2.45) is 5.73 Å². The van der Waals surface area contributed by atoms with Crippen molar-refractivity contribution < 1.29 is 0 Å². The van der Waals surface area contributed by atoms with Gasteiger partial charge in [0, 0.05) is 19.0 Å². The highest BCUT2D eigenvalue weighted by Gasteiger charge is 2.18. The van der Waals surface area contributed by atoms with Gasteiger partial charge >= 0.3 is 0 Å². The molecule has 0 radical (unpaired) electrons. The minimum absolute atomic E-state index is 0.314. The van der Waals surface area contributed by atoms with Crippen molar-refractivity contribution in [3.8, 4) is 0 Å². The summed E-state index contributed by atoms with van der Waals surface area (Å²) in [5.41, 5.74) is 5.35. The summed E-state index contributed by atoms with van der Waals surface area (Å²) in [6, 6.07) is 0.629. The Kier molecular flexibility index (Phi) is 5.05. The van der Waals surface area contributed by atoms with Crippen molar-refractivity contribution in [1.29, 1.82) is 5.41 Å². The van der Waals surface area contributed by atoms with E-state index in [1.165, 1.54) is 19.5 Å². The van der Waals surface area contributed by atoms with Gasteiger partial charge in [0.15, 0.2) is 0 Å². The molecular weight excluding hydrogens is 188 g/mol. The maximum atomic E-state index is 7.19. The summed E-state index contributed by atoms with van der Waals surface area (Å²) in [5.74, 6) is 0.314. The average Bonchev–Trinajstić information content (AvgIpc) is 2.28. The predicted octanol–water partition coefficient (Wildman–Crippen LogP) is 0.729. The molecule has 0 amide bonds. The van der Waals surface area contributed by atoms with Crippen molar-refractivity contribution in [3.63, 3.8) is 0 Å². The fraction of sp³-hybridized carbons (Fsp3) is 0.909. The standard InChI is InChI=1S/C11H24N4/c1-10-9-14(2)6-4-8-15(10)7-3-5-11(12)13/h10H,3-9H2,1-2H3,(H3,12,13). The van der Waals surface area contributed by atoms with Gasteiger partial charge in [0.05, 0.1) is 5.84 Å². The molecule has 0 aromatic rings. The molecule has 88 valence electrons. The molecule has 0 spiro atoms. The lowest BCUT2D eigenvalue weighted by Gasteiger charge is -2.27. The largest absolute Gasteiger partial charge is 0.388 e. The number of nitrogens with zero attached hydrogens (tertiary/aromatic N) is 2. The molecule has 0 bridgehead atoms. The van der Waals surface area contributed by atoms with Crippen LogP contribution >= 0.6 is 0 Å². The Bertz CT molecular complexity index is 205. The zero-order valence-corrected chi connectivity index (χ0v) is 10.00. The Balaban J connectivity index is 2.29. The normalized spacial score (nSPS) is 25.1. The SMILES string of the molecule is CC1CN(C)CCCN1CCCC(=N)N. The van der Waals surface area contributed by atoms with E-state index in [4.69, 9.17) is 11.1 Å². The summed E-state index contributed by atoms with van der Waals surface area (Å²) in [7, 11) is 2.19. The first-order chi connectivity index (χ1) is 7.09. The second-order valence-corrected chi connectivity index (χ2v) is 4.63. The quantitative estimate of drug-likeness (QED) is 0.533. The van der Waals surface area contributed by atoms with Crippen molar-refractivity contribution in [2.45, 2.75) is 32.2 Å². The molecule has 1 aliphatic rings. The van der Waals surface area contributed by atoms with E-state index in [1.807, 2.05) is 0 Å². The van der Waals surface area contributed by atoms with Crippen LogP contribution in [0.5, 0.6) is 0 Å². The lowest BCUT2D eigenvalue weighted by molar-refractivity contribution is 0.201. The van der Waals surface area contributed by atoms with Gasteiger partial charge in [-0.1, -0.05) is 0 Å². The van der Waals surface area contributed by atoms with Gasteiger partial charge in [-0.05, 0) is 46.4 Å². The Labute approximate surface area is 92.9 Å². The molecule has 1 saturated heterocycles. The van der Waals surface area contributed by atoms with E-state index in [-0.39, 0.29) is 0 Å². The lowest BCUT2D eigenvalue weighted by Crippen LogP contribution is -2.38. The molecule has 1 atom stereocenters. The first-order valence-corrected chi connectivity index (χ1v) is 5.85. The van der Waals surface area contributed by atoms with Gasteiger partial charge in [-0.2, -0.15) is 0 Å². The van der Waals surface area contributed by atoms with Crippen LogP contribution in [-0.2, 0) is 0 Å². The predicted molar refractivity (Wildman–Crippen MR) is 64.3 cm³/mol. The molecule has 1 fully saturated rings. The van der Waals surface area contributed by atoms with E-state index in [2.05, 4.69) is 23.8 Å². The molecule has 3 N–H and O–H groups in total. The molecule has 0 aromatic heterocycles. The number of amidine groups is 1. The highest BCUT2D eigenvalue weighted by atomic mass is 15.2. The van der Waals surface area contributed by atoms with Crippen LogP contribution in [0.4, 0.5) is 0 Å². The Hall–Kier alpha value is -0.610. The fourth-order valence-electron chi connectivity index (χ4n) is 2.23. The number of rotatable bonds is 4. The molecular formula is C11H24N4. The topological polar surface area (TPSA) is 56.4 Å². The third-order valence-corrected chi connectivity index (χ3v) is 3.08. The van der Waals surface area contributed by atoms with Gasteiger partial charge in [0.1, 0.15) is 0 Å². The van der Waals surface area contributed by atoms with Crippen LogP contribution < -0.4 is 5.73 Å². The molecule has 1 unspecified atom stereocenters. The van der Waals surface area contributed by atoms with E-state index < -0.39 is 0 Å². The van der Waals surface area contributed by atoms with E-state index in [0.29, 0.717) is 11.9 Å². The molecule has 0 aliphatic carbocycles. The van der Waals surface area contributed by atoms with Gasteiger partial charge in [0.2, 0.25) is 0 Å². The number of nitrogens with one attached hydrogen (secondary N) is 1. The fourth-order valence-corrected chi connectivity index (χ4v) is 2.23. The average molecular weight is 212 g/mol. The number of hydrogen-bond acceptors (Lipinski definition) is 3. The van der Waals surface area contributed by atoms with E-state index in [0.717, 1.165) is 25.9 Å². The summed E-state index contributed by atoms with van der Waals surface area (Å²) >= 11 is 0. The Morgan fingerprint density at radius 3 is 2.87 bits per heavy atom. The molecule has 15 heavy (non-hydrogen) atoms. The summed E-state index contributed by atoms with van der Waals surface area (Å²) in [6.07, 6.45) is 3.00. The molecule has 4 heteroatoms. The van der Waals surface area contributed by atoms with Crippen molar-refractivity contribution in [3.05, 3.63) is 0 Å². The zero-order valence-electron chi connectivity index (χ0n) is 10.00. The van der Waals surface area contributed by atoms with Crippen LogP contribution in [-0.4, -0.2) is 54.9 Å². The molecule has 0 saturated carbocycles. The minimum Gasteiger partial charge on any atom is -0.388 e. The van der Waals surface area contributed by atoms with Gasteiger partial charge in [-0.25, -0.2) is 0 Å². The lowest BCUT2D eigenvalue weighted by atomic mass is 10.2. The van der Waals surface area contributed by atoms with Crippen LogP contribution in [0.3, 0.4) is 0 Å². The summed E-state index contributed by atoms with van der Waals surface area (Å²) in [5, 5.41) is 7.19. The molecule has 4 nitrogen and oxygen atoms in total. The first kappa shape index (κ1) is 12.5. The van der Waals surface area contributed by atoms with E-state index in [1.54, 1.807) is 0 Å². The van der Waals surface area contributed by atoms with E-state index in [9.17, 15) is 0 Å². The minimum atomic E-state index is 0.314. The highest BCUT2D eigenvalue weighted by molar-refractivity contribution is 5.76. The van der Waals surface area contributed by atoms with Crippen LogP contribution in [0.2, 0.25) is 0 Å². The van der Waals surface area contributed by atoms with Gasteiger partial charge in [-0.15, -0.1) is 0 Å². The number of likely N-dealkylation sites (N-methyl/N-ethyl adjacent to an activating group) is 1. The van der Waals surface area contributed by atoms with Crippen LogP contribution in [0.25, 0.3) is 0 Å². The van der Waals surface area contributed by atoms with Crippen molar-refractivity contribution in [2.75, 3.05) is 33.2 Å². The van der Waals surface area contributed by atoms with Gasteiger partial charge in [-0.3, -0.25) is 10.3 Å². The molecule has 1 rings (SSSR count). The van der Waals surface area contributed by atoms with Crippen LogP contribution in [0.15, 0.2) is 0 Å². The summed E-state index contributed by atoms with van der Waals surface area (Å²) in [4.78, 5) is 4.92. The third kappa shape index (κ3) is 4.62. The zero-order chi connectivity index (χ0) is 11.3. The monoisotopic (exact) mass is 212 g/mol. The van der Waals surface area contributed by atoms with Crippen LogP contribution in [0, 0.1) is 5.41 Å². The number of hydrogen-bond donors (Lipinski definition) is 2. The maximum Gasteiger partial charge on any atom is 0.0905 e. The summed E-state index contributed by atoms with van der Waals surface area (Å²) in [6.45, 7) is 6.90. The van der Waals surface area contributed by atoms with Crippen LogP contribution in [0.1, 0.15) is 26.2 Å². The second-order valence-electron chi connectivity index (χ2n) is 4.63. The first-order valence-electron chi connectivity index (χ1n) is 5.85. The second kappa shape index (κ2) is 6.08. The van der Waals surface area contributed by atoms with Crippen molar-refractivity contribution in [1.82, 2.24) is 9.80 Å². The van der Waals surface area contributed by atoms with Gasteiger partial charge < -0.3 is 10.6 Å². The van der Waals surface area contributed by atoms with E-state index >= 15 is 0 Å². The van der Waals surface area contributed by atoms with Crippen molar-refractivity contribution >= 4 is 5.84 Å². The Morgan fingerprint density at radius 2 is 2.20 bits per heavy atom. The third-order valence-electron chi connectivity index (χ3n) is 3.08. The van der Waals surface area contributed by atoms with Gasteiger partial charge in [0.25, 0.3) is 0 Å². The maximum absolute atomic E-state index is 7.19. The smallest absolute Gasteiger partial charge is 0.0905 e.